The first kappa shape index (κ1) is 16.7. The number of ether oxygens (including phenoxy) is 1. The molecule has 2 N–H and O–H groups in total. The summed E-state index contributed by atoms with van der Waals surface area (Å²) in [7, 11) is 1.70. The number of hydrogen-bond donors (Lipinski definition) is 2. The van der Waals surface area contributed by atoms with E-state index in [1.54, 1.807) is 7.11 Å². The molecule has 1 heterocycles. The Labute approximate surface area is 113 Å². The fraction of sp³-hybridized carbons (Fsp3) is 1.00. The maximum atomic E-state index is 12.0. The van der Waals surface area contributed by atoms with E-state index < -0.39 is 12.6 Å². The molecule has 0 bridgehead atoms. The van der Waals surface area contributed by atoms with E-state index >= 15 is 0 Å². The van der Waals surface area contributed by atoms with Gasteiger partial charge in [-0.2, -0.15) is 13.2 Å². The quantitative estimate of drug-likeness (QED) is 0.670. The van der Waals surface area contributed by atoms with Gasteiger partial charge < -0.3 is 15.4 Å². The highest BCUT2D eigenvalue weighted by Gasteiger charge is 2.31. The number of halogens is 3. The fourth-order valence-electron chi connectivity index (χ4n) is 2.56. The lowest BCUT2D eigenvalue weighted by atomic mass is 9.79. The van der Waals surface area contributed by atoms with E-state index in [1.165, 1.54) is 0 Å². The number of nitrogens with one attached hydrogen (secondary N) is 2. The summed E-state index contributed by atoms with van der Waals surface area (Å²) in [5.41, 5.74) is 0.143. The van der Waals surface area contributed by atoms with Crippen molar-refractivity contribution < 1.29 is 17.9 Å². The van der Waals surface area contributed by atoms with Crippen LogP contribution in [0.1, 0.15) is 32.1 Å². The van der Waals surface area contributed by atoms with Gasteiger partial charge in [0.1, 0.15) is 0 Å². The van der Waals surface area contributed by atoms with Crippen LogP contribution >= 0.6 is 0 Å². The molecular weight excluding hydrogens is 257 g/mol. The average Bonchev–Trinajstić information content (AvgIpc) is 2.34. The predicted molar refractivity (Wildman–Crippen MR) is 69.2 cm³/mol. The van der Waals surface area contributed by atoms with Crippen molar-refractivity contribution in [1.82, 2.24) is 10.6 Å². The normalized spacial score (nSPS) is 19.6. The largest absolute Gasteiger partial charge is 0.389 e. The molecule has 0 radical (unpaired) electrons. The average molecular weight is 282 g/mol. The molecular formula is C13H25F3N2O. The van der Waals surface area contributed by atoms with Crippen molar-refractivity contribution in [3.8, 4) is 0 Å². The third-order valence-corrected chi connectivity index (χ3v) is 3.68. The second-order valence-corrected chi connectivity index (χ2v) is 5.43. The Hall–Kier alpha value is -0.330. The van der Waals surface area contributed by atoms with E-state index in [0.29, 0.717) is 19.6 Å². The molecule has 3 nitrogen and oxygen atoms in total. The molecule has 0 saturated carbocycles. The summed E-state index contributed by atoms with van der Waals surface area (Å²) < 4.78 is 41.2. The Balaban J connectivity index is 2.15. The molecule has 0 aliphatic carbocycles. The Morgan fingerprint density at radius 2 is 1.89 bits per heavy atom. The van der Waals surface area contributed by atoms with Crippen LogP contribution in [0, 0.1) is 5.41 Å². The number of piperidine rings is 1. The molecule has 1 rings (SSSR count). The lowest BCUT2D eigenvalue weighted by Crippen LogP contribution is -2.46. The van der Waals surface area contributed by atoms with Gasteiger partial charge in [0.25, 0.3) is 0 Å². The minimum atomic E-state index is -4.02. The molecule has 114 valence electrons. The molecule has 0 aromatic heterocycles. The third-order valence-electron chi connectivity index (χ3n) is 3.68. The Morgan fingerprint density at radius 1 is 1.21 bits per heavy atom. The van der Waals surface area contributed by atoms with Gasteiger partial charge in [-0.25, -0.2) is 0 Å². The van der Waals surface area contributed by atoms with E-state index in [-0.39, 0.29) is 11.8 Å². The van der Waals surface area contributed by atoms with Gasteiger partial charge in [-0.05, 0) is 45.3 Å². The predicted octanol–water partition coefficient (Wildman–Crippen LogP) is 2.32. The lowest BCUT2D eigenvalue weighted by Gasteiger charge is -2.37. The number of hydrogen-bond acceptors (Lipinski definition) is 3. The topological polar surface area (TPSA) is 33.3 Å². The van der Waals surface area contributed by atoms with E-state index in [9.17, 15) is 13.2 Å². The van der Waals surface area contributed by atoms with Gasteiger partial charge in [-0.3, -0.25) is 0 Å². The standard InChI is InChI=1S/C13H25F3N2O/c1-19-11-12(5-8-17-9-6-12)10-18-7-3-2-4-13(14,15)16/h17-18H,2-11H2,1H3. The summed E-state index contributed by atoms with van der Waals surface area (Å²) in [6.45, 7) is 4.16. The van der Waals surface area contributed by atoms with Crippen LogP contribution < -0.4 is 10.6 Å². The Morgan fingerprint density at radius 3 is 2.47 bits per heavy atom. The smallest absolute Gasteiger partial charge is 0.384 e. The van der Waals surface area contributed by atoms with Crippen molar-refractivity contribution in [1.29, 1.82) is 0 Å². The second-order valence-electron chi connectivity index (χ2n) is 5.43. The Kier molecular flexibility index (Phi) is 7.10. The molecule has 6 heteroatoms. The number of unbranched alkanes of at least 4 members (excludes halogenated alkanes) is 1. The molecule has 0 aromatic rings. The third kappa shape index (κ3) is 7.13. The van der Waals surface area contributed by atoms with Crippen LogP contribution in [0.25, 0.3) is 0 Å². The highest BCUT2D eigenvalue weighted by atomic mass is 19.4. The van der Waals surface area contributed by atoms with E-state index in [0.717, 1.165) is 32.5 Å². The van der Waals surface area contributed by atoms with Crippen molar-refractivity contribution in [2.45, 2.75) is 38.3 Å². The van der Waals surface area contributed by atoms with Crippen LogP contribution in [0.4, 0.5) is 13.2 Å². The summed E-state index contributed by atoms with van der Waals surface area (Å²) >= 11 is 0. The van der Waals surface area contributed by atoms with Crippen molar-refractivity contribution >= 4 is 0 Å². The second kappa shape index (κ2) is 8.07. The van der Waals surface area contributed by atoms with Crippen LogP contribution in [0.5, 0.6) is 0 Å². The van der Waals surface area contributed by atoms with E-state index in [1.807, 2.05) is 0 Å². The zero-order valence-electron chi connectivity index (χ0n) is 11.6. The van der Waals surface area contributed by atoms with Gasteiger partial charge in [0.15, 0.2) is 0 Å². The molecule has 0 aromatic carbocycles. The van der Waals surface area contributed by atoms with Crippen molar-refractivity contribution in [2.75, 3.05) is 39.9 Å². The van der Waals surface area contributed by atoms with Crippen molar-refractivity contribution in [3.05, 3.63) is 0 Å². The van der Waals surface area contributed by atoms with E-state index in [2.05, 4.69) is 10.6 Å². The van der Waals surface area contributed by atoms with Gasteiger partial charge in [0.2, 0.25) is 0 Å². The highest BCUT2D eigenvalue weighted by molar-refractivity contribution is 4.86. The first-order chi connectivity index (χ1) is 8.97. The minimum absolute atomic E-state index is 0.143. The van der Waals surface area contributed by atoms with Crippen LogP contribution in [0.2, 0.25) is 0 Å². The number of alkyl halides is 3. The van der Waals surface area contributed by atoms with Gasteiger partial charge in [0.05, 0.1) is 6.61 Å². The first-order valence-electron chi connectivity index (χ1n) is 6.95. The molecule has 0 atom stereocenters. The maximum absolute atomic E-state index is 12.0. The first-order valence-corrected chi connectivity index (χ1v) is 6.95. The van der Waals surface area contributed by atoms with Crippen LogP contribution in [-0.4, -0.2) is 46.1 Å². The molecule has 0 amide bonds. The molecule has 1 aliphatic heterocycles. The van der Waals surface area contributed by atoms with Crippen molar-refractivity contribution in [3.63, 3.8) is 0 Å². The van der Waals surface area contributed by atoms with Crippen LogP contribution in [0.15, 0.2) is 0 Å². The summed E-state index contributed by atoms with van der Waals surface area (Å²) in [5, 5.41) is 6.61. The number of rotatable bonds is 8. The van der Waals surface area contributed by atoms with Gasteiger partial charge in [0, 0.05) is 25.5 Å². The summed E-state index contributed by atoms with van der Waals surface area (Å²) in [5.74, 6) is 0. The lowest BCUT2D eigenvalue weighted by molar-refractivity contribution is -0.135. The van der Waals surface area contributed by atoms with Gasteiger partial charge >= 0.3 is 6.18 Å². The Bertz CT molecular complexity index is 235. The van der Waals surface area contributed by atoms with Crippen LogP contribution in [-0.2, 0) is 4.74 Å². The molecule has 19 heavy (non-hydrogen) atoms. The zero-order valence-corrected chi connectivity index (χ0v) is 11.6. The highest BCUT2D eigenvalue weighted by Crippen LogP contribution is 2.28. The van der Waals surface area contributed by atoms with E-state index in [4.69, 9.17) is 4.74 Å². The zero-order chi connectivity index (χ0) is 14.2. The molecule has 1 aliphatic rings. The maximum Gasteiger partial charge on any atom is 0.389 e. The van der Waals surface area contributed by atoms with Crippen LogP contribution in [0.3, 0.4) is 0 Å². The number of methoxy groups -OCH3 is 1. The summed E-state index contributed by atoms with van der Waals surface area (Å²) in [4.78, 5) is 0. The molecule has 0 unspecified atom stereocenters. The minimum Gasteiger partial charge on any atom is -0.384 e. The molecule has 1 fully saturated rings. The summed E-state index contributed by atoms with van der Waals surface area (Å²) in [6.07, 6.45) is -1.82. The molecule has 0 spiro atoms. The van der Waals surface area contributed by atoms with Gasteiger partial charge in [-0.1, -0.05) is 0 Å². The molecule has 1 saturated heterocycles. The van der Waals surface area contributed by atoms with Crippen molar-refractivity contribution in [2.24, 2.45) is 5.41 Å². The monoisotopic (exact) mass is 282 g/mol. The van der Waals surface area contributed by atoms with Gasteiger partial charge in [-0.15, -0.1) is 0 Å². The summed E-state index contributed by atoms with van der Waals surface area (Å²) in [6, 6.07) is 0. The SMILES string of the molecule is COCC1(CNCCCCC(F)(F)F)CCNCC1. The fourth-order valence-corrected chi connectivity index (χ4v) is 2.56.